The predicted molar refractivity (Wildman–Crippen MR) is 126 cm³/mol. The number of hydrogen-bond donors (Lipinski definition) is 2. The Labute approximate surface area is 219 Å². The highest BCUT2D eigenvalue weighted by Crippen LogP contribution is 2.42. The van der Waals surface area contributed by atoms with Crippen LogP contribution in [0, 0.1) is 24.1 Å². The van der Waals surface area contributed by atoms with Crippen molar-refractivity contribution in [3.05, 3.63) is 52.7 Å². The zero-order valence-electron chi connectivity index (χ0n) is 21.3. The molecule has 2 aromatic rings. The second-order valence-electron chi connectivity index (χ2n) is 9.66. The highest BCUT2D eigenvalue weighted by molar-refractivity contribution is 6.03. The van der Waals surface area contributed by atoms with E-state index in [-0.39, 0.29) is 17.1 Å². The van der Waals surface area contributed by atoms with Crippen molar-refractivity contribution in [2.45, 2.75) is 64.2 Å². The number of halogens is 5. The van der Waals surface area contributed by atoms with Gasteiger partial charge < -0.3 is 14.8 Å². The zero-order valence-corrected chi connectivity index (χ0v) is 21.3. The number of amides is 2. The molecule has 2 amide bonds. The summed E-state index contributed by atoms with van der Waals surface area (Å²) in [6, 6.07) is 3.93. The molecular formula is C24H23F5N6O4. The van der Waals surface area contributed by atoms with Gasteiger partial charge in [-0.05, 0) is 58.4 Å². The third kappa shape index (κ3) is 6.57. The van der Waals surface area contributed by atoms with Gasteiger partial charge in [-0.3, -0.25) is 4.79 Å². The van der Waals surface area contributed by atoms with E-state index < -0.39 is 59.1 Å². The predicted octanol–water partition coefficient (Wildman–Crippen LogP) is 4.44. The normalized spacial score (nSPS) is 21.2. The summed E-state index contributed by atoms with van der Waals surface area (Å²) in [5, 5.41) is 13.1. The number of carbonyl (C=O) groups excluding carboxylic acids is 2. The molecule has 1 aliphatic heterocycles. The maximum Gasteiger partial charge on any atom is 0.428 e. The number of alkyl halides is 4. The molecular weight excluding hydrogens is 531 g/mol. The molecule has 15 heteroatoms. The van der Waals surface area contributed by atoms with E-state index in [9.17, 15) is 27.2 Å². The Kier molecular flexibility index (Phi) is 7.81. The van der Waals surface area contributed by atoms with Crippen molar-refractivity contribution in [1.82, 2.24) is 15.3 Å². The number of alkyl carbamates (subject to hydrolysis) is 1. The fourth-order valence-corrected chi connectivity index (χ4v) is 3.55. The summed E-state index contributed by atoms with van der Waals surface area (Å²) >= 11 is 0. The maximum atomic E-state index is 15.4. The van der Waals surface area contributed by atoms with Gasteiger partial charge in [0.2, 0.25) is 6.10 Å². The van der Waals surface area contributed by atoms with Gasteiger partial charge in [-0.1, -0.05) is 0 Å². The Morgan fingerprint density at radius 1 is 1.21 bits per heavy atom. The van der Waals surface area contributed by atoms with Crippen molar-refractivity contribution in [3.63, 3.8) is 0 Å². The zero-order chi connectivity index (χ0) is 29.3. The first-order valence-corrected chi connectivity index (χ1v) is 11.3. The lowest BCUT2D eigenvalue weighted by Gasteiger charge is -2.39. The smallest absolute Gasteiger partial charge is 0.428 e. The summed E-state index contributed by atoms with van der Waals surface area (Å²) < 4.78 is 81.0. The van der Waals surface area contributed by atoms with E-state index in [1.165, 1.54) is 33.8 Å². The van der Waals surface area contributed by atoms with Crippen LogP contribution in [0.3, 0.4) is 0 Å². The molecule has 10 nitrogen and oxygen atoms in total. The average Bonchev–Trinajstić information content (AvgIpc) is 2.80. The summed E-state index contributed by atoms with van der Waals surface area (Å²) in [5.74, 6) is -2.43. The molecule has 0 aliphatic carbocycles. The first-order chi connectivity index (χ1) is 17.9. The van der Waals surface area contributed by atoms with E-state index in [2.05, 4.69) is 25.0 Å². The Bertz CT molecular complexity index is 1370. The van der Waals surface area contributed by atoms with E-state index in [0.717, 1.165) is 25.3 Å². The standard InChI is InChI=1S/C24H23F5N6O4/c1-11-8-12(9-30)10-31-15(11)19(36)33-14-7-6-13(25)17(32-14)23(5)16(26)18(24(27,28)29)38-20(35-23)34-21(37)39-22(2,3)4/h6-8,10,16,18H,1-5H3,(H,32,33,36)(H,34,35,37)/t16-,18-,23-/m0/s1. The van der Waals surface area contributed by atoms with Gasteiger partial charge in [-0.15, -0.1) is 0 Å². The minimum absolute atomic E-state index is 0.110. The largest absolute Gasteiger partial charge is 0.449 e. The van der Waals surface area contributed by atoms with Gasteiger partial charge in [0.15, 0.2) is 6.17 Å². The van der Waals surface area contributed by atoms with E-state index >= 15 is 4.39 Å². The van der Waals surface area contributed by atoms with Crippen LogP contribution in [-0.4, -0.2) is 52.0 Å². The summed E-state index contributed by atoms with van der Waals surface area (Å²) in [5.41, 5.74) is -4.21. The van der Waals surface area contributed by atoms with Crippen LogP contribution < -0.4 is 10.6 Å². The molecule has 3 atom stereocenters. The fraction of sp³-hybridized carbons (Fsp3) is 0.417. The van der Waals surface area contributed by atoms with Crippen LogP contribution in [0.15, 0.2) is 29.4 Å². The maximum absolute atomic E-state index is 15.4. The molecule has 0 saturated heterocycles. The number of ether oxygens (including phenoxy) is 2. The Hall–Kier alpha value is -4.35. The molecule has 0 spiro atoms. The number of aromatic nitrogens is 2. The van der Waals surface area contributed by atoms with Crippen molar-refractivity contribution in [2.24, 2.45) is 4.99 Å². The number of aryl methyl sites for hydroxylation is 1. The quantitative estimate of drug-likeness (QED) is 0.535. The number of carbonyl (C=O) groups is 2. The minimum atomic E-state index is -5.29. The minimum Gasteiger partial charge on any atom is -0.449 e. The van der Waals surface area contributed by atoms with Crippen molar-refractivity contribution < 1.29 is 41.0 Å². The lowest BCUT2D eigenvalue weighted by molar-refractivity contribution is -0.228. The van der Waals surface area contributed by atoms with Crippen molar-refractivity contribution in [3.8, 4) is 6.07 Å². The average molecular weight is 554 g/mol. The Morgan fingerprint density at radius 3 is 2.44 bits per heavy atom. The van der Waals surface area contributed by atoms with E-state index in [1.807, 2.05) is 11.4 Å². The molecule has 0 aromatic carbocycles. The van der Waals surface area contributed by atoms with Crippen LogP contribution >= 0.6 is 0 Å². The first-order valence-electron chi connectivity index (χ1n) is 11.3. The number of amidine groups is 1. The van der Waals surface area contributed by atoms with Crippen LogP contribution in [0.1, 0.15) is 55.0 Å². The van der Waals surface area contributed by atoms with Crippen LogP contribution in [-0.2, 0) is 15.0 Å². The molecule has 3 rings (SSSR count). The second-order valence-corrected chi connectivity index (χ2v) is 9.66. The van der Waals surface area contributed by atoms with Gasteiger partial charge in [0, 0.05) is 6.20 Å². The lowest BCUT2D eigenvalue weighted by atomic mass is 9.87. The van der Waals surface area contributed by atoms with Crippen LogP contribution in [0.2, 0.25) is 0 Å². The highest BCUT2D eigenvalue weighted by Gasteiger charge is 2.59. The number of nitrogens with one attached hydrogen (secondary N) is 2. The summed E-state index contributed by atoms with van der Waals surface area (Å²) in [6.45, 7) is 6.81. The number of aliphatic imine (C=N–C) groups is 1. The number of rotatable bonds is 3. The topological polar surface area (TPSA) is 139 Å². The van der Waals surface area contributed by atoms with Gasteiger partial charge >= 0.3 is 12.3 Å². The number of nitriles is 1. The molecule has 0 fully saturated rings. The fourth-order valence-electron chi connectivity index (χ4n) is 3.55. The van der Waals surface area contributed by atoms with E-state index in [1.54, 1.807) is 0 Å². The molecule has 1 aliphatic rings. The van der Waals surface area contributed by atoms with Gasteiger partial charge in [0.25, 0.3) is 11.9 Å². The molecule has 39 heavy (non-hydrogen) atoms. The molecule has 3 heterocycles. The molecule has 208 valence electrons. The van der Waals surface area contributed by atoms with Crippen molar-refractivity contribution >= 4 is 23.8 Å². The van der Waals surface area contributed by atoms with Crippen LogP contribution in [0.25, 0.3) is 0 Å². The molecule has 2 aromatic heterocycles. The Balaban J connectivity index is 2.02. The molecule has 2 N–H and O–H groups in total. The van der Waals surface area contributed by atoms with Gasteiger partial charge in [-0.25, -0.2) is 33.9 Å². The molecule has 0 saturated carbocycles. The van der Waals surface area contributed by atoms with Crippen molar-refractivity contribution in [1.29, 1.82) is 5.26 Å². The van der Waals surface area contributed by atoms with E-state index in [4.69, 9.17) is 10.00 Å². The summed E-state index contributed by atoms with van der Waals surface area (Å²) in [7, 11) is 0. The second kappa shape index (κ2) is 10.4. The van der Waals surface area contributed by atoms with Gasteiger partial charge in [0.1, 0.15) is 40.2 Å². The third-order valence-electron chi connectivity index (χ3n) is 5.30. The van der Waals surface area contributed by atoms with Crippen LogP contribution in [0.5, 0.6) is 0 Å². The molecule has 0 unspecified atom stereocenters. The van der Waals surface area contributed by atoms with Gasteiger partial charge in [0.05, 0.1) is 5.56 Å². The SMILES string of the molecule is Cc1cc(C#N)cnc1C(=O)Nc1ccc(F)c([C@@]2(C)N=C(NC(=O)OC(C)(C)C)O[C@H](C(F)(F)F)[C@@H]2F)n1. The lowest BCUT2D eigenvalue weighted by Crippen LogP contribution is -2.57. The summed E-state index contributed by atoms with van der Waals surface area (Å²) in [6.07, 6.45) is -11.6. The highest BCUT2D eigenvalue weighted by atomic mass is 19.4. The Morgan fingerprint density at radius 2 is 1.87 bits per heavy atom. The number of nitrogens with zero attached hydrogens (tertiary/aromatic N) is 4. The van der Waals surface area contributed by atoms with Crippen LogP contribution in [0.4, 0.5) is 32.6 Å². The third-order valence-corrected chi connectivity index (χ3v) is 5.30. The van der Waals surface area contributed by atoms with Crippen molar-refractivity contribution in [2.75, 3.05) is 5.32 Å². The van der Waals surface area contributed by atoms with E-state index in [0.29, 0.717) is 5.56 Å². The number of anilines is 1. The summed E-state index contributed by atoms with van der Waals surface area (Å²) in [4.78, 5) is 36.3. The van der Waals surface area contributed by atoms with Gasteiger partial charge in [-0.2, -0.15) is 18.4 Å². The monoisotopic (exact) mass is 554 g/mol. The first kappa shape index (κ1) is 29.2. The molecule has 0 radical (unpaired) electrons. The number of pyridine rings is 2. The molecule has 0 bridgehead atoms. The number of hydrogen-bond acceptors (Lipinski definition) is 8.